The van der Waals surface area contributed by atoms with Crippen molar-refractivity contribution in [3.8, 4) is 5.75 Å². The van der Waals surface area contributed by atoms with Crippen molar-refractivity contribution in [2.24, 2.45) is 0 Å². The summed E-state index contributed by atoms with van der Waals surface area (Å²) in [6.07, 6.45) is 0. The summed E-state index contributed by atoms with van der Waals surface area (Å²) in [5.41, 5.74) is 0.713. The number of carbonyl (C=O) groups is 1. The molecule has 1 amide bonds. The van der Waals surface area contributed by atoms with Crippen LogP contribution in [0.4, 0.5) is 5.69 Å². The minimum Gasteiger partial charge on any atom is -0.492 e. The molecule has 0 bridgehead atoms. The summed E-state index contributed by atoms with van der Waals surface area (Å²) in [5.74, 6) is 0.638. The number of nitrogens with one attached hydrogen (secondary N) is 2. The third kappa shape index (κ3) is 4.87. The second-order valence-electron chi connectivity index (χ2n) is 4.01. The number of para-hydroxylation sites is 2. The lowest BCUT2D eigenvalue weighted by molar-refractivity contribution is -0.115. The molecule has 0 aliphatic carbocycles. The predicted octanol–water partition coefficient (Wildman–Crippen LogP) is 2.02. The van der Waals surface area contributed by atoms with E-state index in [2.05, 4.69) is 10.6 Å². The van der Waals surface area contributed by atoms with E-state index < -0.39 is 0 Å². The van der Waals surface area contributed by atoms with Crippen LogP contribution in [0, 0.1) is 0 Å². The standard InChI is InChI=1S/C13H20N2O2/c1-4-17-12-8-6-5-7-11(12)15-13(16)9-14-10(2)3/h5-8,10,14H,4,9H2,1-3H3,(H,15,16). The highest BCUT2D eigenvalue weighted by atomic mass is 16.5. The van der Waals surface area contributed by atoms with Gasteiger partial charge in [0, 0.05) is 6.04 Å². The van der Waals surface area contributed by atoms with Crippen LogP contribution in [0.25, 0.3) is 0 Å². The Morgan fingerprint density at radius 3 is 2.71 bits per heavy atom. The molecule has 0 atom stereocenters. The summed E-state index contributed by atoms with van der Waals surface area (Å²) in [6.45, 7) is 6.80. The van der Waals surface area contributed by atoms with E-state index in [-0.39, 0.29) is 5.91 Å². The SMILES string of the molecule is CCOc1ccccc1NC(=O)CNC(C)C. The van der Waals surface area contributed by atoms with Gasteiger partial charge in [-0.2, -0.15) is 0 Å². The van der Waals surface area contributed by atoms with Crippen molar-refractivity contribution in [2.45, 2.75) is 26.8 Å². The first-order valence-corrected chi connectivity index (χ1v) is 5.88. The Morgan fingerprint density at radius 1 is 1.35 bits per heavy atom. The summed E-state index contributed by atoms with van der Waals surface area (Å²) >= 11 is 0. The molecule has 0 spiro atoms. The Hall–Kier alpha value is -1.55. The van der Waals surface area contributed by atoms with E-state index in [0.29, 0.717) is 30.6 Å². The molecule has 1 rings (SSSR count). The average Bonchev–Trinajstić information content (AvgIpc) is 2.29. The fraction of sp³-hybridized carbons (Fsp3) is 0.462. The fourth-order valence-corrected chi connectivity index (χ4v) is 1.34. The third-order valence-corrected chi connectivity index (χ3v) is 2.13. The molecule has 4 nitrogen and oxygen atoms in total. The van der Waals surface area contributed by atoms with Gasteiger partial charge in [-0.05, 0) is 19.1 Å². The van der Waals surface area contributed by atoms with Gasteiger partial charge in [0.2, 0.25) is 5.91 Å². The minimum absolute atomic E-state index is 0.0640. The molecule has 0 fully saturated rings. The number of amides is 1. The maximum atomic E-state index is 11.6. The molecule has 0 aliphatic heterocycles. The van der Waals surface area contributed by atoms with Crippen LogP contribution < -0.4 is 15.4 Å². The summed E-state index contributed by atoms with van der Waals surface area (Å²) in [6, 6.07) is 7.72. The van der Waals surface area contributed by atoms with E-state index in [4.69, 9.17) is 4.74 Å². The summed E-state index contributed by atoms with van der Waals surface area (Å²) in [4.78, 5) is 11.6. The molecule has 4 heteroatoms. The first-order valence-electron chi connectivity index (χ1n) is 5.88. The molecular formula is C13H20N2O2. The zero-order valence-corrected chi connectivity index (χ0v) is 10.6. The highest BCUT2D eigenvalue weighted by molar-refractivity contribution is 5.93. The van der Waals surface area contributed by atoms with Crippen molar-refractivity contribution in [3.05, 3.63) is 24.3 Å². The first kappa shape index (κ1) is 13.5. The Kier molecular flexibility index (Phi) is 5.49. The molecule has 0 aromatic heterocycles. The van der Waals surface area contributed by atoms with Crippen LogP contribution in [0.1, 0.15) is 20.8 Å². The van der Waals surface area contributed by atoms with E-state index in [1.165, 1.54) is 0 Å². The Bertz CT molecular complexity index is 364. The summed E-state index contributed by atoms with van der Waals surface area (Å²) in [5, 5.41) is 5.89. The van der Waals surface area contributed by atoms with Crippen LogP contribution in [0.3, 0.4) is 0 Å². The number of hydrogen-bond acceptors (Lipinski definition) is 3. The molecular weight excluding hydrogens is 216 g/mol. The van der Waals surface area contributed by atoms with Crippen molar-refractivity contribution < 1.29 is 9.53 Å². The zero-order valence-electron chi connectivity index (χ0n) is 10.6. The molecule has 0 aliphatic rings. The number of carbonyl (C=O) groups excluding carboxylic acids is 1. The maximum absolute atomic E-state index is 11.6. The van der Waals surface area contributed by atoms with Crippen LogP contribution in [-0.2, 0) is 4.79 Å². The molecule has 0 unspecified atom stereocenters. The first-order chi connectivity index (χ1) is 8.13. The number of rotatable bonds is 6. The van der Waals surface area contributed by atoms with Gasteiger partial charge in [-0.1, -0.05) is 26.0 Å². The number of ether oxygens (including phenoxy) is 1. The van der Waals surface area contributed by atoms with Crippen molar-refractivity contribution >= 4 is 11.6 Å². The molecule has 1 aromatic rings. The topological polar surface area (TPSA) is 50.4 Å². The van der Waals surface area contributed by atoms with Gasteiger partial charge in [-0.3, -0.25) is 4.79 Å². The van der Waals surface area contributed by atoms with Gasteiger partial charge < -0.3 is 15.4 Å². The second kappa shape index (κ2) is 6.91. The quantitative estimate of drug-likeness (QED) is 0.794. The monoisotopic (exact) mass is 236 g/mol. The van der Waals surface area contributed by atoms with Crippen LogP contribution in [0.5, 0.6) is 5.75 Å². The third-order valence-electron chi connectivity index (χ3n) is 2.13. The Morgan fingerprint density at radius 2 is 2.06 bits per heavy atom. The minimum atomic E-state index is -0.0640. The molecule has 0 saturated heterocycles. The average molecular weight is 236 g/mol. The highest BCUT2D eigenvalue weighted by Crippen LogP contribution is 2.23. The fourth-order valence-electron chi connectivity index (χ4n) is 1.34. The number of anilines is 1. The van der Waals surface area contributed by atoms with E-state index in [0.717, 1.165) is 0 Å². The van der Waals surface area contributed by atoms with Crippen LogP contribution in [0.2, 0.25) is 0 Å². The lowest BCUT2D eigenvalue weighted by Crippen LogP contribution is -2.32. The van der Waals surface area contributed by atoms with Crippen LogP contribution in [-0.4, -0.2) is 25.1 Å². The van der Waals surface area contributed by atoms with Gasteiger partial charge in [0.25, 0.3) is 0 Å². The Balaban J connectivity index is 2.58. The number of benzene rings is 1. The molecule has 94 valence electrons. The molecule has 2 N–H and O–H groups in total. The van der Waals surface area contributed by atoms with E-state index >= 15 is 0 Å². The van der Waals surface area contributed by atoms with Crippen molar-refractivity contribution in [1.82, 2.24) is 5.32 Å². The molecule has 0 radical (unpaired) electrons. The van der Waals surface area contributed by atoms with E-state index in [9.17, 15) is 4.79 Å². The second-order valence-corrected chi connectivity index (χ2v) is 4.01. The predicted molar refractivity (Wildman–Crippen MR) is 69.4 cm³/mol. The molecule has 0 heterocycles. The van der Waals surface area contributed by atoms with Crippen LogP contribution in [0.15, 0.2) is 24.3 Å². The van der Waals surface area contributed by atoms with Gasteiger partial charge >= 0.3 is 0 Å². The van der Waals surface area contributed by atoms with Crippen molar-refractivity contribution in [2.75, 3.05) is 18.5 Å². The van der Waals surface area contributed by atoms with Crippen LogP contribution >= 0.6 is 0 Å². The van der Waals surface area contributed by atoms with Gasteiger partial charge in [0.15, 0.2) is 0 Å². The zero-order chi connectivity index (χ0) is 12.7. The number of hydrogen-bond donors (Lipinski definition) is 2. The van der Waals surface area contributed by atoms with Crippen molar-refractivity contribution in [1.29, 1.82) is 0 Å². The van der Waals surface area contributed by atoms with E-state index in [1.54, 1.807) is 0 Å². The summed E-state index contributed by atoms with van der Waals surface area (Å²) in [7, 11) is 0. The lowest BCUT2D eigenvalue weighted by atomic mass is 10.3. The smallest absolute Gasteiger partial charge is 0.238 e. The van der Waals surface area contributed by atoms with E-state index in [1.807, 2.05) is 45.0 Å². The van der Waals surface area contributed by atoms with Gasteiger partial charge in [-0.15, -0.1) is 0 Å². The summed E-state index contributed by atoms with van der Waals surface area (Å²) < 4.78 is 5.43. The van der Waals surface area contributed by atoms with Gasteiger partial charge in [-0.25, -0.2) is 0 Å². The largest absolute Gasteiger partial charge is 0.492 e. The highest BCUT2D eigenvalue weighted by Gasteiger charge is 2.07. The van der Waals surface area contributed by atoms with Gasteiger partial charge in [0.05, 0.1) is 18.8 Å². The maximum Gasteiger partial charge on any atom is 0.238 e. The molecule has 0 saturated carbocycles. The normalized spacial score (nSPS) is 10.4. The Labute approximate surface area is 102 Å². The molecule has 1 aromatic carbocycles. The van der Waals surface area contributed by atoms with Gasteiger partial charge in [0.1, 0.15) is 5.75 Å². The lowest BCUT2D eigenvalue weighted by Gasteiger charge is -2.12. The van der Waals surface area contributed by atoms with Crippen molar-refractivity contribution in [3.63, 3.8) is 0 Å². The molecule has 17 heavy (non-hydrogen) atoms.